The zero-order chi connectivity index (χ0) is 13.8. The fourth-order valence-corrected chi connectivity index (χ4v) is 2.15. The van der Waals surface area contributed by atoms with Crippen LogP contribution in [0.3, 0.4) is 0 Å². The van der Waals surface area contributed by atoms with Crippen molar-refractivity contribution < 1.29 is 14.7 Å². The van der Waals surface area contributed by atoms with Gasteiger partial charge in [0.25, 0.3) is 0 Å². The lowest BCUT2D eigenvalue weighted by molar-refractivity contribution is -0.139. The predicted molar refractivity (Wildman–Crippen MR) is 69.4 cm³/mol. The smallest absolute Gasteiger partial charge is 0.326 e. The highest BCUT2D eigenvalue weighted by atomic mass is 16.4. The Balaban J connectivity index is 2.34. The summed E-state index contributed by atoms with van der Waals surface area (Å²) in [5, 5.41) is 14.3. The maximum atomic E-state index is 11.6. The molecule has 1 atom stereocenters. The second-order valence-electron chi connectivity index (χ2n) is 6.01. The lowest BCUT2D eigenvalue weighted by Crippen LogP contribution is -2.49. The molecule has 3 N–H and O–H groups in total. The first-order valence-corrected chi connectivity index (χ1v) is 6.59. The molecule has 5 heteroatoms. The summed E-state index contributed by atoms with van der Waals surface area (Å²) in [5.41, 5.74) is 0.202. The second-order valence-corrected chi connectivity index (χ2v) is 6.01. The molecule has 1 aliphatic carbocycles. The molecule has 5 nitrogen and oxygen atoms in total. The van der Waals surface area contributed by atoms with E-state index in [0.29, 0.717) is 13.0 Å². The van der Waals surface area contributed by atoms with Crippen molar-refractivity contribution in [2.75, 3.05) is 6.54 Å². The van der Waals surface area contributed by atoms with Gasteiger partial charge in [-0.1, -0.05) is 27.2 Å². The third-order valence-electron chi connectivity index (χ3n) is 3.55. The summed E-state index contributed by atoms with van der Waals surface area (Å²) < 4.78 is 0. The number of carboxylic acid groups (broad SMARTS) is 1. The number of amides is 2. The van der Waals surface area contributed by atoms with Crippen molar-refractivity contribution in [1.82, 2.24) is 10.6 Å². The quantitative estimate of drug-likeness (QED) is 0.680. The average Bonchev–Trinajstić information content (AvgIpc) is 2.22. The van der Waals surface area contributed by atoms with Crippen LogP contribution in [0.5, 0.6) is 0 Å². The van der Waals surface area contributed by atoms with E-state index in [9.17, 15) is 9.59 Å². The van der Waals surface area contributed by atoms with E-state index in [1.165, 1.54) is 6.42 Å². The first-order chi connectivity index (χ1) is 8.32. The minimum atomic E-state index is -0.978. The van der Waals surface area contributed by atoms with Gasteiger partial charge in [-0.2, -0.15) is 0 Å². The summed E-state index contributed by atoms with van der Waals surface area (Å²) in [6, 6.07) is -1.18. The zero-order valence-electron chi connectivity index (χ0n) is 11.5. The fourth-order valence-electron chi connectivity index (χ4n) is 2.15. The van der Waals surface area contributed by atoms with Gasteiger partial charge in [0.15, 0.2) is 0 Å². The van der Waals surface area contributed by atoms with E-state index in [2.05, 4.69) is 17.6 Å². The van der Waals surface area contributed by atoms with E-state index < -0.39 is 12.0 Å². The maximum Gasteiger partial charge on any atom is 0.326 e. The van der Waals surface area contributed by atoms with Crippen LogP contribution in [-0.4, -0.2) is 29.7 Å². The molecule has 0 aliphatic heterocycles. The molecule has 0 aromatic rings. The Morgan fingerprint density at radius 3 is 2.33 bits per heavy atom. The van der Waals surface area contributed by atoms with Crippen LogP contribution in [0.15, 0.2) is 0 Å². The van der Waals surface area contributed by atoms with Crippen molar-refractivity contribution in [3.63, 3.8) is 0 Å². The van der Waals surface area contributed by atoms with Crippen LogP contribution in [0.25, 0.3) is 0 Å². The minimum absolute atomic E-state index is 0.202. The molecule has 0 unspecified atom stereocenters. The van der Waals surface area contributed by atoms with Gasteiger partial charge in [0, 0.05) is 6.54 Å². The summed E-state index contributed by atoms with van der Waals surface area (Å²) in [6.07, 6.45) is 3.91. The molecule has 1 fully saturated rings. The zero-order valence-corrected chi connectivity index (χ0v) is 11.5. The number of carbonyl (C=O) groups excluding carboxylic acids is 1. The standard InChI is InChI=1S/C13H24N2O3/c1-9(2)7-10(11(16)17)15-12(18)14-8-13(3)5-4-6-13/h9-10H,4-8H2,1-3H3,(H,16,17)(H2,14,15,18)/t10-/m1/s1. The van der Waals surface area contributed by atoms with E-state index in [1.807, 2.05) is 13.8 Å². The van der Waals surface area contributed by atoms with E-state index >= 15 is 0 Å². The van der Waals surface area contributed by atoms with Crippen LogP contribution >= 0.6 is 0 Å². The third-order valence-corrected chi connectivity index (χ3v) is 3.55. The molecule has 1 saturated carbocycles. The average molecular weight is 256 g/mol. The Bertz CT molecular complexity index is 311. The second kappa shape index (κ2) is 6.07. The molecule has 1 rings (SSSR count). The van der Waals surface area contributed by atoms with Crippen LogP contribution in [0.1, 0.15) is 46.5 Å². The normalized spacial score (nSPS) is 18.9. The van der Waals surface area contributed by atoms with E-state index in [4.69, 9.17) is 5.11 Å². The van der Waals surface area contributed by atoms with Crippen molar-refractivity contribution in [1.29, 1.82) is 0 Å². The Kier molecular flexibility index (Phi) is 4.99. The lowest BCUT2D eigenvalue weighted by Gasteiger charge is -2.38. The molecule has 0 heterocycles. The number of carbonyl (C=O) groups is 2. The molecule has 0 aromatic heterocycles. The van der Waals surface area contributed by atoms with Gasteiger partial charge < -0.3 is 15.7 Å². The Labute approximate surface area is 108 Å². The van der Waals surface area contributed by atoms with Gasteiger partial charge in [0.2, 0.25) is 0 Å². The predicted octanol–water partition coefficient (Wildman–Crippen LogP) is 1.98. The van der Waals surface area contributed by atoms with Crippen molar-refractivity contribution in [2.45, 2.75) is 52.5 Å². The third kappa shape index (κ3) is 4.55. The molecular weight excluding hydrogens is 232 g/mol. The topological polar surface area (TPSA) is 78.4 Å². The highest BCUT2D eigenvalue weighted by Crippen LogP contribution is 2.39. The Morgan fingerprint density at radius 1 is 1.33 bits per heavy atom. The molecule has 0 spiro atoms. The van der Waals surface area contributed by atoms with Gasteiger partial charge in [-0.05, 0) is 30.6 Å². The number of hydrogen-bond donors (Lipinski definition) is 3. The summed E-state index contributed by atoms with van der Waals surface area (Å²) in [5.74, 6) is -0.746. The summed E-state index contributed by atoms with van der Waals surface area (Å²) in [7, 11) is 0. The number of carboxylic acids is 1. The van der Waals surface area contributed by atoms with Gasteiger partial charge in [-0.15, -0.1) is 0 Å². The van der Waals surface area contributed by atoms with Crippen molar-refractivity contribution >= 4 is 12.0 Å². The molecule has 0 saturated heterocycles. The number of aliphatic carboxylic acids is 1. The molecular formula is C13H24N2O3. The minimum Gasteiger partial charge on any atom is -0.480 e. The molecule has 1 aliphatic rings. The molecule has 2 amide bonds. The largest absolute Gasteiger partial charge is 0.480 e. The number of urea groups is 1. The van der Waals surface area contributed by atoms with Crippen LogP contribution in [0.4, 0.5) is 4.79 Å². The Hall–Kier alpha value is -1.26. The lowest BCUT2D eigenvalue weighted by atomic mass is 9.70. The molecule has 0 aromatic carbocycles. The number of hydrogen-bond acceptors (Lipinski definition) is 2. The highest BCUT2D eigenvalue weighted by molar-refractivity contribution is 5.82. The van der Waals surface area contributed by atoms with Crippen molar-refractivity contribution in [2.24, 2.45) is 11.3 Å². The van der Waals surface area contributed by atoms with Crippen LogP contribution in [-0.2, 0) is 4.79 Å². The van der Waals surface area contributed by atoms with E-state index in [-0.39, 0.29) is 17.4 Å². The van der Waals surface area contributed by atoms with Gasteiger partial charge >= 0.3 is 12.0 Å². The maximum absolute atomic E-state index is 11.6. The molecule has 18 heavy (non-hydrogen) atoms. The van der Waals surface area contributed by atoms with Crippen LogP contribution in [0, 0.1) is 11.3 Å². The van der Waals surface area contributed by atoms with Crippen molar-refractivity contribution in [3.05, 3.63) is 0 Å². The molecule has 0 bridgehead atoms. The van der Waals surface area contributed by atoms with Crippen LogP contribution in [0.2, 0.25) is 0 Å². The van der Waals surface area contributed by atoms with Crippen LogP contribution < -0.4 is 10.6 Å². The molecule has 104 valence electrons. The van der Waals surface area contributed by atoms with Gasteiger partial charge in [0.1, 0.15) is 6.04 Å². The molecule has 0 radical (unpaired) electrons. The fraction of sp³-hybridized carbons (Fsp3) is 0.846. The van der Waals surface area contributed by atoms with Crippen molar-refractivity contribution in [3.8, 4) is 0 Å². The van der Waals surface area contributed by atoms with Gasteiger partial charge in [0.05, 0.1) is 0 Å². The number of rotatable bonds is 6. The highest BCUT2D eigenvalue weighted by Gasteiger charge is 2.32. The first-order valence-electron chi connectivity index (χ1n) is 6.59. The Morgan fingerprint density at radius 2 is 1.94 bits per heavy atom. The summed E-state index contributed by atoms with van der Waals surface area (Å²) >= 11 is 0. The SMILES string of the molecule is CC(C)C[C@@H](NC(=O)NCC1(C)CCC1)C(=O)O. The summed E-state index contributed by atoms with van der Waals surface area (Å²) in [6.45, 7) is 6.63. The van der Waals surface area contributed by atoms with Gasteiger partial charge in [-0.25, -0.2) is 9.59 Å². The first kappa shape index (κ1) is 14.8. The van der Waals surface area contributed by atoms with E-state index in [1.54, 1.807) is 0 Å². The number of nitrogens with one attached hydrogen (secondary N) is 2. The van der Waals surface area contributed by atoms with Gasteiger partial charge in [-0.3, -0.25) is 0 Å². The monoisotopic (exact) mass is 256 g/mol. The summed E-state index contributed by atoms with van der Waals surface area (Å²) in [4.78, 5) is 22.6. The van der Waals surface area contributed by atoms with E-state index in [0.717, 1.165) is 12.8 Å².